The molecule has 0 aliphatic heterocycles. The van der Waals surface area contributed by atoms with Gasteiger partial charge in [-0.05, 0) is 44.0 Å². The topological polar surface area (TPSA) is 93.6 Å². The van der Waals surface area contributed by atoms with E-state index < -0.39 is 0 Å². The summed E-state index contributed by atoms with van der Waals surface area (Å²) in [7, 11) is 3.38. The number of benzene rings is 1. The Morgan fingerprint density at radius 3 is 2.68 bits per heavy atom. The molecule has 0 aliphatic carbocycles. The number of esters is 1. The van der Waals surface area contributed by atoms with Crippen LogP contribution in [0.2, 0.25) is 0 Å². The summed E-state index contributed by atoms with van der Waals surface area (Å²) in [4.78, 5) is 35.8. The van der Waals surface area contributed by atoms with Crippen molar-refractivity contribution in [1.82, 2.24) is 14.9 Å². The third-order valence-electron chi connectivity index (χ3n) is 4.58. The molecule has 0 radical (unpaired) electrons. The molecule has 2 aromatic heterocycles. The third-order valence-corrected chi connectivity index (χ3v) is 5.75. The fraction of sp³-hybridized carbons (Fsp3) is 0.364. The van der Waals surface area contributed by atoms with Crippen molar-refractivity contribution in [1.29, 1.82) is 0 Å². The molecule has 0 spiro atoms. The highest BCUT2D eigenvalue weighted by molar-refractivity contribution is 7.20. The van der Waals surface area contributed by atoms with E-state index in [9.17, 15) is 9.59 Å². The first-order valence-corrected chi connectivity index (χ1v) is 10.7. The second-order valence-corrected chi connectivity index (χ2v) is 8.15. The van der Waals surface area contributed by atoms with Crippen molar-refractivity contribution in [3.8, 4) is 5.75 Å². The van der Waals surface area contributed by atoms with Gasteiger partial charge >= 0.3 is 5.97 Å². The van der Waals surface area contributed by atoms with E-state index in [2.05, 4.69) is 15.3 Å². The largest absolute Gasteiger partial charge is 0.484 e. The molecule has 0 aliphatic rings. The van der Waals surface area contributed by atoms with E-state index in [0.717, 1.165) is 21.3 Å². The van der Waals surface area contributed by atoms with Crippen LogP contribution in [0.4, 0.5) is 5.82 Å². The van der Waals surface area contributed by atoms with Crippen LogP contribution < -0.4 is 10.1 Å². The molecule has 3 rings (SSSR count). The molecule has 0 saturated carbocycles. The molecule has 0 fully saturated rings. The number of aromatic nitrogens is 2. The Kier molecular flexibility index (Phi) is 7.06. The number of nitrogens with one attached hydrogen (secondary N) is 1. The van der Waals surface area contributed by atoms with Gasteiger partial charge in [0.05, 0.1) is 12.0 Å². The first kappa shape index (κ1) is 22.5. The number of anilines is 1. The van der Waals surface area contributed by atoms with Crippen LogP contribution in [0.3, 0.4) is 0 Å². The minimum absolute atomic E-state index is 0.0135. The Labute approximate surface area is 185 Å². The van der Waals surface area contributed by atoms with Crippen LogP contribution in [0.25, 0.3) is 10.2 Å². The summed E-state index contributed by atoms with van der Waals surface area (Å²) in [5.74, 6) is 1.46. The van der Waals surface area contributed by atoms with Crippen LogP contribution in [0.5, 0.6) is 5.75 Å². The maximum atomic E-state index is 12.3. The fourth-order valence-electron chi connectivity index (χ4n) is 2.97. The van der Waals surface area contributed by atoms with Crippen molar-refractivity contribution >= 4 is 39.2 Å². The molecule has 1 aromatic carbocycles. The standard InChI is InChI=1S/C22H26N4O4S/c1-6-29-22(28)19-13(2)18-20(24-14(3)25-21(18)31-19)23-11-15-8-7-9-16(10-15)30-12-17(27)26(4)5/h7-10H,6,11-12H2,1-5H3,(H,23,24,25). The van der Waals surface area contributed by atoms with Crippen molar-refractivity contribution in [3.05, 3.63) is 46.1 Å². The van der Waals surface area contributed by atoms with Gasteiger partial charge < -0.3 is 19.7 Å². The summed E-state index contributed by atoms with van der Waals surface area (Å²) in [6, 6.07) is 7.53. The first-order chi connectivity index (χ1) is 14.8. The van der Waals surface area contributed by atoms with Gasteiger partial charge in [0.15, 0.2) is 6.61 Å². The maximum absolute atomic E-state index is 12.3. The van der Waals surface area contributed by atoms with Gasteiger partial charge in [-0.3, -0.25) is 4.79 Å². The maximum Gasteiger partial charge on any atom is 0.348 e. The van der Waals surface area contributed by atoms with Crippen LogP contribution in [0.15, 0.2) is 24.3 Å². The molecule has 164 valence electrons. The van der Waals surface area contributed by atoms with Crippen LogP contribution in [0.1, 0.15) is 33.5 Å². The normalized spacial score (nSPS) is 10.7. The number of aryl methyl sites for hydroxylation is 2. The van der Waals surface area contributed by atoms with Crippen LogP contribution in [-0.2, 0) is 16.1 Å². The van der Waals surface area contributed by atoms with Crippen LogP contribution >= 0.6 is 11.3 Å². The number of ether oxygens (including phenoxy) is 2. The highest BCUT2D eigenvalue weighted by atomic mass is 32.1. The van der Waals surface area contributed by atoms with E-state index in [0.29, 0.717) is 35.4 Å². The number of carbonyl (C=O) groups excluding carboxylic acids is 2. The number of carbonyl (C=O) groups is 2. The zero-order chi connectivity index (χ0) is 22.5. The molecule has 0 unspecified atom stereocenters. The number of thiophene rings is 1. The first-order valence-electron chi connectivity index (χ1n) is 9.90. The SMILES string of the molecule is CCOC(=O)c1sc2nc(C)nc(NCc3cccc(OCC(=O)N(C)C)c3)c2c1C. The lowest BCUT2D eigenvalue weighted by molar-refractivity contribution is -0.130. The van der Waals surface area contributed by atoms with Crippen molar-refractivity contribution in [2.45, 2.75) is 27.3 Å². The van der Waals surface area contributed by atoms with E-state index in [-0.39, 0.29) is 18.5 Å². The van der Waals surface area contributed by atoms with Gasteiger partial charge in [-0.2, -0.15) is 0 Å². The van der Waals surface area contributed by atoms with Gasteiger partial charge in [-0.25, -0.2) is 14.8 Å². The van der Waals surface area contributed by atoms with E-state index in [1.54, 1.807) is 21.0 Å². The summed E-state index contributed by atoms with van der Waals surface area (Å²) in [6.45, 7) is 6.28. The molecule has 0 atom stereocenters. The third kappa shape index (κ3) is 5.29. The molecule has 3 aromatic rings. The van der Waals surface area contributed by atoms with E-state index >= 15 is 0 Å². The number of nitrogens with zero attached hydrogens (tertiary/aromatic N) is 3. The summed E-state index contributed by atoms with van der Waals surface area (Å²) >= 11 is 1.31. The lowest BCUT2D eigenvalue weighted by Crippen LogP contribution is -2.27. The Morgan fingerprint density at radius 2 is 1.97 bits per heavy atom. The fourth-order valence-corrected chi connectivity index (χ4v) is 4.09. The van der Waals surface area contributed by atoms with Crippen LogP contribution in [-0.4, -0.2) is 54.1 Å². The zero-order valence-corrected chi connectivity index (χ0v) is 19.1. The number of fused-ring (bicyclic) bond motifs is 1. The molecule has 31 heavy (non-hydrogen) atoms. The Morgan fingerprint density at radius 1 is 1.19 bits per heavy atom. The summed E-state index contributed by atoms with van der Waals surface area (Å²) in [5.41, 5.74) is 1.78. The van der Waals surface area contributed by atoms with Gasteiger partial charge in [0.2, 0.25) is 0 Å². The van der Waals surface area contributed by atoms with Crippen LogP contribution in [0, 0.1) is 13.8 Å². The molecule has 9 heteroatoms. The van der Waals surface area contributed by atoms with Gasteiger partial charge in [0.1, 0.15) is 27.1 Å². The highest BCUT2D eigenvalue weighted by Crippen LogP contribution is 2.34. The highest BCUT2D eigenvalue weighted by Gasteiger charge is 2.21. The lowest BCUT2D eigenvalue weighted by atomic mass is 10.2. The van der Waals surface area contributed by atoms with E-state index in [4.69, 9.17) is 9.47 Å². The number of hydrogen-bond acceptors (Lipinski definition) is 8. The minimum atomic E-state index is -0.344. The quantitative estimate of drug-likeness (QED) is 0.533. The Bertz CT molecular complexity index is 1110. The monoisotopic (exact) mass is 442 g/mol. The van der Waals surface area contributed by atoms with Gasteiger partial charge in [0.25, 0.3) is 5.91 Å². The molecular formula is C22H26N4O4S. The molecule has 1 N–H and O–H groups in total. The summed E-state index contributed by atoms with van der Waals surface area (Å²) in [6.07, 6.45) is 0. The van der Waals surface area contributed by atoms with Crippen molar-refractivity contribution in [3.63, 3.8) is 0 Å². The van der Waals surface area contributed by atoms with Gasteiger partial charge in [-0.1, -0.05) is 12.1 Å². The minimum Gasteiger partial charge on any atom is -0.484 e. The summed E-state index contributed by atoms with van der Waals surface area (Å²) in [5, 5.41) is 4.17. The number of rotatable bonds is 8. The number of likely N-dealkylation sites (N-methyl/N-ethyl adjacent to an activating group) is 1. The second kappa shape index (κ2) is 9.74. The van der Waals surface area contributed by atoms with Gasteiger partial charge in [-0.15, -0.1) is 11.3 Å². The Balaban J connectivity index is 1.80. The predicted molar refractivity (Wildman–Crippen MR) is 121 cm³/mol. The lowest BCUT2D eigenvalue weighted by Gasteiger charge is -2.12. The van der Waals surface area contributed by atoms with Crippen molar-refractivity contribution in [2.24, 2.45) is 0 Å². The average Bonchev–Trinajstić information content (AvgIpc) is 3.07. The second-order valence-electron chi connectivity index (χ2n) is 7.15. The molecule has 0 saturated heterocycles. The molecule has 8 nitrogen and oxygen atoms in total. The van der Waals surface area contributed by atoms with Gasteiger partial charge in [0, 0.05) is 20.6 Å². The molecule has 2 heterocycles. The molecule has 0 bridgehead atoms. The average molecular weight is 443 g/mol. The molecular weight excluding hydrogens is 416 g/mol. The van der Waals surface area contributed by atoms with Crippen molar-refractivity contribution in [2.75, 3.05) is 32.6 Å². The number of amides is 1. The number of hydrogen-bond donors (Lipinski definition) is 1. The predicted octanol–water partition coefficient (Wildman–Crippen LogP) is 3.56. The molecule has 1 amide bonds. The van der Waals surface area contributed by atoms with E-state index in [1.165, 1.54) is 16.2 Å². The zero-order valence-electron chi connectivity index (χ0n) is 18.3. The van der Waals surface area contributed by atoms with Crippen molar-refractivity contribution < 1.29 is 19.1 Å². The summed E-state index contributed by atoms with van der Waals surface area (Å²) < 4.78 is 10.8. The van der Waals surface area contributed by atoms with E-state index in [1.807, 2.05) is 38.1 Å². The smallest absolute Gasteiger partial charge is 0.348 e. The Hall–Kier alpha value is -3.20.